The molecule has 4 N–H and O–H groups in total. The Hall–Kier alpha value is -3.77. The first-order valence-electron chi connectivity index (χ1n) is 8.82. The van der Waals surface area contributed by atoms with Crippen molar-refractivity contribution in [2.24, 2.45) is 0 Å². The summed E-state index contributed by atoms with van der Waals surface area (Å²) in [6.07, 6.45) is -0.0407. The van der Waals surface area contributed by atoms with Crippen LogP contribution in [0.3, 0.4) is 0 Å². The number of rotatable bonds is 4. The fourth-order valence-corrected chi connectivity index (χ4v) is 3.68. The number of halogens is 1. The Bertz CT molecular complexity index is 1210. The number of aromatic carboxylic acids is 2. The first-order chi connectivity index (χ1) is 13.9. The zero-order valence-corrected chi connectivity index (χ0v) is 16.3. The minimum Gasteiger partial charge on any atom is -0.507 e. The van der Waals surface area contributed by atoms with Crippen molar-refractivity contribution in [3.05, 3.63) is 82.9 Å². The summed E-state index contributed by atoms with van der Waals surface area (Å²) < 4.78 is 0. The van der Waals surface area contributed by atoms with Crippen molar-refractivity contribution in [2.45, 2.75) is 6.42 Å². The molecule has 0 aliphatic rings. The summed E-state index contributed by atoms with van der Waals surface area (Å²) in [4.78, 5) is 23.2. The highest BCUT2D eigenvalue weighted by atomic mass is 35.5. The highest BCUT2D eigenvalue weighted by molar-refractivity contribution is 6.02. The number of benzene rings is 4. The zero-order chi connectivity index (χ0) is 20.7. The van der Waals surface area contributed by atoms with Gasteiger partial charge in [0.05, 0.1) is 0 Å². The molecule has 6 nitrogen and oxygen atoms in total. The van der Waals surface area contributed by atoms with E-state index >= 15 is 0 Å². The van der Waals surface area contributed by atoms with E-state index in [-0.39, 0.29) is 30.0 Å². The third-order valence-electron chi connectivity index (χ3n) is 5.07. The lowest BCUT2D eigenvalue weighted by Crippen LogP contribution is -2.04. The molecule has 0 unspecified atom stereocenters. The average Bonchev–Trinajstić information content (AvgIpc) is 2.70. The van der Waals surface area contributed by atoms with Gasteiger partial charge in [-0.2, -0.15) is 0 Å². The van der Waals surface area contributed by atoms with Crippen molar-refractivity contribution in [3.63, 3.8) is 0 Å². The molecular formula is C23H17ClO6. The number of phenols is 2. The van der Waals surface area contributed by atoms with Crippen molar-refractivity contribution >= 4 is 45.9 Å². The maximum Gasteiger partial charge on any atom is 0.339 e. The van der Waals surface area contributed by atoms with Gasteiger partial charge in [-0.1, -0.05) is 48.5 Å². The first kappa shape index (κ1) is 21.0. The second-order valence-electron chi connectivity index (χ2n) is 6.73. The van der Waals surface area contributed by atoms with E-state index in [1.807, 2.05) is 0 Å². The van der Waals surface area contributed by atoms with Crippen LogP contribution < -0.4 is 0 Å². The summed E-state index contributed by atoms with van der Waals surface area (Å²) in [7, 11) is 0. The lowest BCUT2D eigenvalue weighted by molar-refractivity contribution is 0.0682. The lowest BCUT2D eigenvalue weighted by Gasteiger charge is -2.16. The van der Waals surface area contributed by atoms with Crippen LogP contribution in [-0.4, -0.2) is 32.4 Å². The molecule has 4 aromatic rings. The van der Waals surface area contributed by atoms with Gasteiger partial charge in [0.2, 0.25) is 0 Å². The second kappa shape index (κ2) is 7.93. The fraction of sp³-hybridized carbons (Fsp3) is 0.0435. The monoisotopic (exact) mass is 424 g/mol. The van der Waals surface area contributed by atoms with Gasteiger partial charge in [-0.3, -0.25) is 0 Å². The van der Waals surface area contributed by atoms with Gasteiger partial charge in [0, 0.05) is 17.5 Å². The Morgan fingerprint density at radius 1 is 0.667 bits per heavy atom. The first-order valence-corrected chi connectivity index (χ1v) is 8.82. The number of fused-ring (bicyclic) bond motifs is 2. The van der Waals surface area contributed by atoms with Gasteiger partial charge in [-0.15, -0.1) is 12.4 Å². The van der Waals surface area contributed by atoms with Crippen LogP contribution in [0.5, 0.6) is 11.5 Å². The Morgan fingerprint density at radius 2 is 1.03 bits per heavy atom. The summed E-state index contributed by atoms with van der Waals surface area (Å²) >= 11 is 0. The molecule has 0 atom stereocenters. The number of aromatic hydroxyl groups is 2. The minimum atomic E-state index is -1.28. The molecule has 0 fully saturated rings. The van der Waals surface area contributed by atoms with Crippen LogP contribution in [0, 0.1) is 0 Å². The van der Waals surface area contributed by atoms with E-state index in [1.54, 1.807) is 48.5 Å². The smallest absolute Gasteiger partial charge is 0.339 e. The van der Waals surface area contributed by atoms with Crippen molar-refractivity contribution in [1.82, 2.24) is 0 Å². The summed E-state index contributed by atoms with van der Waals surface area (Å²) in [5.41, 5.74) is 0.112. The predicted molar refractivity (Wildman–Crippen MR) is 115 cm³/mol. The average molecular weight is 425 g/mol. The van der Waals surface area contributed by atoms with Crippen LogP contribution >= 0.6 is 12.4 Å². The highest BCUT2D eigenvalue weighted by Crippen LogP contribution is 2.38. The lowest BCUT2D eigenvalue weighted by atomic mass is 9.90. The number of carbonyl (C=O) groups is 2. The Labute approximate surface area is 177 Å². The topological polar surface area (TPSA) is 115 Å². The van der Waals surface area contributed by atoms with Gasteiger partial charge in [0.15, 0.2) is 0 Å². The van der Waals surface area contributed by atoms with Crippen LogP contribution in [0.1, 0.15) is 31.8 Å². The van der Waals surface area contributed by atoms with E-state index < -0.39 is 23.4 Å². The molecular weight excluding hydrogens is 408 g/mol. The predicted octanol–water partition coefficient (Wildman–Crippen LogP) is 4.81. The minimum absolute atomic E-state index is 0. The maximum atomic E-state index is 11.6. The summed E-state index contributed by atoms with van der Waals surface area (Å²) in [5, 5.41) is 42.8. The molecule has 4 aromatic carbocycles. The Morgan fingerprint density at radius 3 is 1.40 bits per heavy atom. The van der Waals surface area contributed by atoms with E-state index in [1.165, 1.54) is 12.1 Å². The normalized spacial score (nSPS) is 10.7. The van der Waals surface area contributed by atoms with Crippen LogP contribution in [-0.2, 0) is 6.42 Å². The van der Waals surface area contributed by atoms with Gasteiger partial charge >= 0.3 is 11.9 Å². The molecule has 0 aliphatic carbocycles. The van der Waals surface area contributed by atoms with Gasteiger partial charge < -0.3 is 20.4 Å². The molecule has 0 radical (unpaired) electrons. The van der Waals surface area contributed by atoms with Gasteiger partial charge in [0.25, 0.3) is 0 Å². The largest absolute Gasteiger partial charge is 0.507 e. The van der Waals surface area contributed by atoms with Crippen molar-refractivity contribution in [1.29, 1.82) is 0 Å². The standard InChI is InChI=1S/C23H16O6.ClH/c24-20-16(14-7-3-1-5-12(14)9-18(20)22(26)27)11-17-15-8-4-2-6-13(15)10-19(21(17)25)23(28)29;/h1-10,24-25H,11H2,(H,26,27)(H,28,29);1H. The molecule has 0 heterocycles. The number of hydrogen-bond donors (Lipinski definition) is 4. The van der Waals surface area contributed by atoms with Crippen LogP contribution in [0.4, 0.5) is 0 Å². The van der Waals surface area contributed by atoms with Crippen LogP contribution in [0.2, 0.25) is 0 Å². The summed E-state index contributed by atoms with van der Waals surface area (Å²) in [5.74, 6) is -3.36. The highest BCUT2D eigenvalue weighted by Gasteiger charge is 2.22. The number of carboxylic acid groups (broad SMARTS) is 2. The second-order valence-corrected chi connectivity index (χ2v) is 6.73. The molecule has 0 aliphatic heterocycles. The molecule has 0 aromatic heterocycles. The quantitative estimate of drug-likeness (QED) is 0.373. The molecule has 152 valence electrons. The van der Waals surface area contributed by atoms with Crippen molar-refractivity contribution in [3.8, 4) is 11.5 Å². The summed E-state index contributed by atoms with van der Waals surface area (Å²) in [6, 6.07) is 16.8. The molecule has 30 heavy (non-hydrogen) atoms. The number of carboxylic acids is 2. The maximum absolute atomic E-state index is 11.6. The molecule has 0 amide bonds. The van der Waals surface area contributed by atoms with Crippen molar-refractivity contribution in [2.75, 3.05) is 0 Å². The molecule has 0 saturated carbocycles. The van der Waals surface area contributed by atoms with Crippen LogP contribution in [0.15, 0.2) is 60.7 Å². The summed E-state index contributed by atoms with van der Waals surface area (Å²) in [6.45, 7) is 0. The SMILES string of the molecule is Cl.O=C(O)c1cc2ccccc2c(Cc2c(O)c(C(=O)O)cc3ccccc23)c1O. The van der Waals surface area contributed by atoms with E-state index in [9.17, 15) is 30.0 Å². The Balaban J connectivity index is 0.00000256. The van der Waals surface area contributed by atoms with E-state index in [2.05, 4.69) is 0 Å². The zero-order valence-electron chi connectivity index (χ0n) is 15.5. The van der Waals surface area contributed by atoms with E-state index in [0.29, 0.717) is 32.7 Å². The Kier molecular flexibility index (Phi) is 5.54. The van der Waals surface area contributed by atoms with Gasteiger partial charge in [0.1, 0.15) is 22.6 Å². The molecule has 4 rings (SSSR count). The third kappa shape index (κ3) is 3.38. The fourth-order valence-electron chi connectivity index (χ4n) is 3.68. The van der Waals surface area contributed by atoms with Gasteiger partial charge in [-0.25, -0.2) is 9.59 Å². The van der Waals surface area contributed by atoms with Gasteiger partial charge in [-0.05, 0) is 33.7 Å². The van der Waals surface area contributed by atoms with Crippen LogP contribution in [0.25, 0.3) is 21.5 Å². The van der Waals surface area contributed by atoms with Crippen molar-refractivity contribution < 1.29 is 30.0 Å². The number of hydrogen-bond acceptors (Lipinski definition) is 4. The molecule has 0 spiro atoms. The van der Waals surface area contributed by atoms with E-state index in [4.69, 9.17) is 0 Å². The third-order valence-corrected chi connectivity index (χ3v) is 5.07. The molecule has 0 bridgehead atoms. The molecule has 7 heteroatoms. The van der Waals surface area contributed by atoms with E-state index in [0.717, 1.165) is 0 Å². The molecule has 0 saturated heterocycles.